The fourth-order valence-electron chi connectivity index (χ4n) is 2.95. The van der Waals surface area contributed by atoms with Crippen LogP contribution in [0.2, 0.25) is 0 Å². The Morgan fingerprint density at radius 3 is 2.43 bits per heavy atom. The van der Waals surface area contributed by atoms with Gasteiger partial charge in [-0.3, -0.25) is 4.79 Å². The first-order chi connectivity index (χ1) is 10.9. The standard InChI is InChI=1S/C15H19NO6S/c1-11-3-5-12(6-4-11)23(18,19)16-10-15(21-7-8-22-15)9-13(16)14(17)20-2/h3-6,13H,7-10H2,1-2H3/t13-/m0/s1. The van der Waals surface area contributed by atoms with Crippen molar-refractivity contribution in [1.82, 2.24) is 4.31 Å². The minimum absolute atomic E-state index is 0.0248. The molecule has 7 nitrogen and oxygen atoms in total. The quantitative estimate of drug-likeness (QED) is 0.752. The molecule has 1 spiro atoms. The van der Waals surface area contributed by atoms with Gasteiger partial charge in [0.1, 0.15) is 6.04 Å². The van der Waals surface area contributed by atoms with Gasteiger partial charge in [-0.2, -0.15) is 4.31 Å². The Kier molecular flexibility index (Phi) is 4.18. The molecular weight excluding hydrogens is 322 g/mol. The molecule has 1 aromatic rings. The van der Waals surface area contributed by atoms with Crippen molar-refractivity contribution in [2.75, 3.05) is 26.9 Å². The van der Waals surface area contributed by atoms with Gasteiger partial charge in [0.25, 0.3) is 0 Å². The topological polar surface area (TPSA) is 82.1 Å². The van der Waals surface area contributed by atoms with Gasteiger partial charge in [-0.25, -0.2) is 8.42 Å². The minimum Gasteiger partial charge on any atom is -0.468 e. The van der Waals surface area contributed by atoms with Crippen LogP contribution in [0.1, 0.15) is 12.0 Å². The molecule has 0 aromatic heterocycles. The first kappa shape index (κ1) is 16.4. The van der Waals surface area contributed by atoms with Crippen LogP contribution in [0.4, 0.5) is 0 Å². The molecule has 2 heterocycles. The van der Waals surface area contributed by atoms with E-state index in [1.54, 1.807) is 12.1 Å². The molecule has 0 radical (unpaired) electrons. The first-order valence-corrected chi connectivity index (χ1v) is 8.76. The third-order valence-corrected chi connectivity index (χ3v) is 6.03. The lowest BCUT2D eigenvalue weighted by molar-refractivity contribution is -0.152. The van der Waals surface area contributed by atoms with E-state index in [0.717, 1.165) is 9.87 Å². The van der Waals surface area contributed by atoms with Gasteiger partial charge in [-0.1, -0.05) is 17.7 Å². The summed E-state index contributed by atoms with van der Waals surface area (Å²) in [6, 6.07) is 5.54. The summed E-state index contributed by atoms with van der Waals surface area (Å²) in [5, 5.41) is 0. The molecule has 0 bridgehead atoms. The van der Waals surface area contributed by atoms with Gasteiger partial charge in [0.05, 0.1) is 31.8 Å². The van der Waals surface area contributed by atoms with Crippen molar-refractivity contribution in [3.8, 4) is 0 Å². The number of carbonyl (C=O) groups is 1. The third kappa shape index (κ3) is 2.87. The second-order valence-electron chi connectivity index (χ2n) is 5.71. The molecule has 2 saturated heterocycles. The molecule has 0 amide bonds. The molecule has 0 N–H and O–H groups in total. The highest BCUT2D eigenvalue weighted by Gasteiger charge is 2.55. The highest BCUT2D eigenvalue weighted by atomic mass is 32.2. The molecule has 1 atom stereocenters. The zero-order valence-corrected chi connectivity index (χ0v) is 13.8. The van der Waals surface area contributed by atoms with Gasteiger partial charge in [0.2, 0.25) is 10.0 Å². The largest absolute Gasteiger partial charge is 0.468 e. The van der Waals surface area contributed by atoms with E-state index < -0.39 is 27.8 Å². The van der Waals surface area contributed by atoms with Crippen LogP contribution in [0.25, 0.3) is 0 Å². The van der Waals surface area contributed by atoms with Crippen molar-refractivity contribution < 1.29 is 27.4 Å². The van der Waals surface area contributed by atoms with Crippen LogP contribution in [0, 0.1) is 6.92 Å². The maximum absolute atomic E-state index is 12.9. The summed E-state index contributed by atoms with van der Waals surface area (Å²) in [6.07, 6.45) is 0.130. The van der Waals surface area contributed by atoms with E-state index in [-0.39, 0.29) is 17.9 Å². The van der Waals surface area contributed by atoms with Crippen molar-refractivity contribution in [2.45, 2.75) is 30.1 Å². The van der Waals surface area contributed by atoms with E-state index >= 15 is 0 Å². The molecule has 1 aromatic carbocycles. The van der Waals surface area contributed by atoms with Crippen LogP contribution in [0.3, 0.4) is 0 Å². The fraction of sp³-hybridized carbons (Fsp3) is 0.533. The molecule has 2 aliphatic rings. The van der Waals surface area contributed by atoms with Crippen LogP contribution in [0.5, 0.6) is 0 Å². The lowest BCUT2D eigenvalue weighted by atomic mass is 10.1. The van der Waals surface area contributed by atoms with Gasteiger partial charge in [-0.05, 0) is 19.1 Å². The maximum Gasteiger partial charge on any atom is 0.324 e. The molecule has 0 saturated carbocycles. The Labute approximate surface area is 135 Å². The number of aryl methyl sites for hydroxylation is 1. The molecule has 2 aliphatic heterocycles. The lowest BCUT2D eigenvalue weighted by Gasteiger charge is -2.23. The Hall–Kier alpha value is -1.48. The smallest absolute Gasteiger partial charge is 0.324 e. The van der Waals surface area contributed by atoms with Crippen LogP contribution < -0.4 is 0 Å². The number of sulfonamides is 1. The van der Waals surface area contributed by atoms with E-state index in [9.17, 15) is 13.2 Å². The van der Waals surface area contributed by atoms with Crippen LogP contribution in [-0.4, -0.2) is 57.4 Å². The summed E-state index contributed by atoms with van der Waals surface area (Å²) < 4.78 is 42.9. The first-order valence-electron chi connectivity index (χ1n) is 7.32. The summed E-state index contributed by atoms with van der Waals surface area (Å²) in [5.74, 6) is -1.67. The third-order valence-electron chi connectivity index (χ3n) is 4.16. The Morgan fingerprint density at radius 1 is 1.26 bits per heavy atom. The molecule has 0 aliphatic carbocycles. The van der Waals surface area contributed by atoms with E-state index in [0.29, 0.717) is 13.2 Å². The predicted octanol–water partition coefficient (Wildman–Crippen LogP) is 0.674. The second-order valence-corrected chi connectivity index (χ2v) is 7.60. The second kappa shape index (κ2) is 5.86. The Balaban J connectivity index is 1.97. The van der Waals surface area contributed by atoms with Crippen molar-refractivity contribution in [3.63, 3.8) is 0 Å². The van der Waals surface area contributed by atoms with Crippen LogP contribution in [-0.2, 0) is 29.0 Å². The number of rotatable bonds is 3. The highest BCUT2D eigenvalue weighted by Crippen LogP contribution is 2.38. The number of ether oxygens (including phenoxy) is 3. The van der Waals surface area contributed by atoms with Gasteiger partial charge >= 0.3 is 5.97 Å². The summed E-state index contributed by atoms with van der Waals surface area (Å²) >= 11 is 0. The molecule has 23 heavy (non-hydrogen) atoms. The molecule has 126 valence electrons. The Morgan fingerprint density at radius 2 is 1.87 bits per heavy atom. The highest BCUT2D eigenvalue weighted by molar-refractivity contribution is 7.89. The molecule has 8 heteroatoms. The van der Waals surface area contributed by atoms with Gasteiger partial charge < -0.3 is 14.2 Å². The number of nitrogens with zero attached hydrogens (tertiary/aromatic N) is 1. The number of hydrogen-bond acceptors (Lipinski definition) is 6. The number of esters is 1. The molecule has 0 unspecified atom stereocenters. The molecule has 2 fully saturated rings. The zero-order valence-electron chi connectivity index (χ0n) is 13.0. The van der Waals surface area contributed by atoms with Crippen molar-refractivity contribution in [2.24, 2.45) is 0 Å². The summed E-state index contributed by atoms with van der Waals surface area (Å²) in [5.41, 5.74) is 0.953. The van der Waals surface area contributed by atoms with E-state index in [2.05, 4.69) is 0 Å². The SMILES string of the molecule is COC(=O)[C@@H]1CC2(CN1S(=O)(=O)c1ccc(C)cc1)OCCO2. The lowest BCUT2D eigenvalue weighted by Crippen LogP contribution is -2.41. The van der Waals surface area contributed by atoms with E-state index in [4.69, 9.17) is 14.2 Å². The number of benzene rings is 1. The number of hydrogen-bond donors (Lipinski definition) is 0. The van der Waals surface area contributed by atoms with E-state index in [1.165, 1.54) is 19.2 Å². The van der Waals surface area contributed by atoms with E-state index in [1.807, 2.05) is 6.92 Å². The van der Waals surface area contributed by atoms with Crippen molar-refractivity contribution >= 4 is 16.0 Å². The van der Waals surface area contributed by atoms with Gasteiger partial charge in [0, 0.05) is 6.42 Å². The Bertz CT molecular complexity index is 693. The number of methoxy groups -OCH3 is 1. The predicted molar refractivity (Wildman–Crippen MR) is 80.1 cm³/mol. The fourth-order valence-corrected chi connectivity index (χ4v) is 4.56. The van der Waals surface area contributed by atoms with Crippen molar-refractivity contribution in [3.05, 3.63) is 29.8 Å². The zero-order chi connectivity index (χ0) is 16.7. The maximum atomic E-state index is 12.9. The van der Waals surface area contributed by atoms with Crippen LogP contribution >= 0.6 is 0 Å². The molecule has 3 rings (SSSR count). The summed E-state index contributed by atoms with van der Waals surface area (Å²) in [6.45, 7) is 2.61. The monoisotopic (exact) mass is 341 g/mol. The van der Waals surface area contributed by atoms with Crippen LogP contribution in [0.15, 0.2) is 29.2 Å². The normalized spacial score (nSPS) is 24.2. The van der Waals surface area contributed by atoms with Crippen molar-refractivity contribution in [1.29, 1.82) is 0 Å². The average Bonchev–Trinajstić information content (AvgIpc) is 3.15. The van der Waals surface area contributed by atoms with Gasteiger partial charge in [0.15, 0.2) is 5.79 Å². The average molecular weight is 341 g/mol. The van der Waals surface area contributed by atoms with Gasteiger partial charge in [-0.15, -0.1) is 0 Å². The minimum atomic E-state index is -3.85. The molecular formula is C15H19NO6S. The number of carbonyl (C=O) groups excluding carboxylic acids is 1. The summed E-state index contributed by atoms with van der Waals surface area (Å²) in [7, 11) is -2.61. The summed E-state index contributed by atoms with van der Waals surface area (Å²) in [4.78, 5) is 12.2.